The molecule has 40 heavy (non-hydrogen) atoms. The van der Waals surface area contributed by atoms with E-state index in [0.29, 0.717) is 16.8 Å². The molecule has 1 aromatic carbocycles. The number of aromatic nitrogens is 3. The SMILES string of the molecule is COc1ccc(N(c2nc(-c3ccc(F)cc3)c(/C=C/[C@@H](O)C[C@@H](O)CC(=O)O)c(C(C)C)n2)S(C)(=O)=O)cn1. The molecule has 0 bridgehead atoms. The maximum atomic E-state index is 13.8. The lowest BCUT2D eigenvalue weighted by atomic mass is 9.97. The van der Waals surface area contributed by atoms with Crippen molar-refractivity contribution in [3.63, 3.8) is 0 Å². The molecule has 3 aromatic rings. The quantitative estimate of drug-likeness (QED) is 0.292. The van der Waals surface area contributed by atoms with Crippen molar-refractivity contribution in [1.29, 1.82) is 0 Å². The molecule has 0 amide bonds. The second-order valence-electron chi connectivity index (χ2n) is 9.33. The first kappa shape index (κ1) is 30.6. The molecule has 214 valence electrons. The zero-order valence-electron chi connectivity index (χ0n) is 22.4. The molecule has 3 rings (SSSR count). The number of halogens is 1. The molecule has 0 saturated heterocycles. The molecule has 0 aliphatic rings. The molecule has 0 aliphatic heterocycles. The Kier molecular flexibility index (Phi) is 9.90. The summed E-state index contributed by atoms with van der Waals surface area (Å²) in [6.07, 6.45) is 1.98. The normalized spacial score (nSPS) is 13.4. The van der Waals surface area contributed by atoms with Crippen LogP contribution in [0.4, 0.5) is 16.0 Å². The maximum absolute atomic E-state index is 13.8. The summed E-state index contributed by atoms with van der Waals surface area (Å²) in [5.41, 5.74) is 1.73. The number of ether oxygens (including phenoxy) is 1. The minimum absolute atomic E-state index is 0.161. The van der Waals surface area contributed by atoms with E-state index in [1.165, 1.54) is 61.9 Å². The number of benzene rings is 1. The molecular formula is C27H31FN4O7S. The Labute approximate surface area is 231 Å². The lowest BCUT2D eigenvalue weighted by Gasteiger charge is -2.23. The molecule has 2 aromatic heterocycles. The number of aliphatic hydroxyl groups excluding tert-OH is 2. The first-order valence-electron chi connectivity index (χ1n) is 12.2. The Bertz CT molecular complexity index is 1460. The third kappa shape index (κ3) is 7.81. The average molecular weight is 575 g/mol. The minimum atomic E-state index is -3.97. The molecule has 11 nitrogen and oxygen atoms in total. The standard InChI is InChI=1S/C27H31FN4O7S/c1-16(2)25-22(11-10-20(33)13-21(34)14-24(35)36)26(17-5-7-18(28)8-6-17)31-27(30-25)32(40(4,37)38)19-9-12-23(39-3)29-15-19/h5-12,15-16,20-21,33-34H,13-14H2,1-4H3,(H,35,36)/b11-10+/t20-,21-/m1/s1. The topological polar surface area (TPSA) is 163 Å². The second kappa shape index (κ2) is 12.9. The van der Waals surface area contributed by atoms with Gasteiger partial charge < -0.3 is 20.1 Å². The average Bonchev–Trinajstić information content (AvgIpc) is 2.87. The summed E-state index contributed by atoms with van der Waals surface area (Å²) in [5.74, 6) is -1.83. The highest BCUT2D eigenvalue weighted by Crippen LogP contribution is 2.34. The maximum Gasteiger partial charge on any atom is 0.305 e. The number of carboxylic acid groups (broad SMARTS) is 1. The molecule has 0 unspecified atom stereocenters. The van der Waals surface area contributed by atoms with Crippen LogP contribution >= 0.6 is 0 Å². The van der Waals surface area contributed by atoms with Crippen molar-refractivity contribution in [3.05, 3.63) is 65.7 Å². The fraction of sp³-hybridized carbons (Fsp3) is 0.333. The Morgan fingerprint density at radius 1 is 1.12 bits per heavy atom. The third-order valence-corrected chi connectivity index (χ3v) is 6.75. The van der Waals surface area contributed by atoms with Crippen LogP contribution in [0.2, 0.25) is 0 Å². The van der Waals surface area contributed by atoms with Crippen molar-refractivity contribution in [3.8, 4) is 17.1 Å². The van der Waals surface area contributed by atoms with Gasteiger partial charge in [-0.3, -0.25) is 4.79 Å². The summed E-state index contributed by atoms with van der Waals surface area (Å²) in [6.45, 7) is 3.68. The number of carbonyl (C=O) groups is 1. The lowest BCUT2D eigenvalue weighted by molar-refractivity contribution is -0.139. The van der Waals surface area contributed by atoms with E-state index in [2.05, 4.69) is 15.0 Å². The molecule has 0 saturated carbocycles. The summed E-state index contributed by atoms with van der Waals surface area (Å²) in [7, 11) is -2.54. The van der Waals surface area contributed by atoms with Crippen molar-refractivity contribution in [2.75, 3.05) is 17.7 Å². The lowest BCUT2D eigenvalue weighted by Crippen LogP contribution is -2.27. The molecule has 2 atom stereocenters. The number of nitrogens with zero attached hydrogens (tertiary/aromatic N) is 4. The highest BCUT2D eigenvalue weighted by atomic mass is 32.2. The van der Waals surface area contributed by atoms with Crippen LogP contribution in [0.25, 0.3) is 17.3 Å². The summed E-state index contributed by atoms with van der Waals surface area (Å²) >= 11 is 0. The van der Waals surface area contributed by atoms with Crippen LogP contribution < -0.4 is 9.04 Å². The fourth-order valence-corrected chi connectivity index (χ4v) is 4.78. The monoisotopic (exact) mass is 574 g/mol. The van der Waals surface area contributed by atoms with Gasteiger partial charge in [0.1, 0.15) is 5.82 Å². The van der Waals surface area contributed by atoms with E-state index in [4.69, 9.17) is 9.84 Å². The van der Waals surface area contributed by atoms with Crippen LogP contribution in [0.15, 0.2) is 48.7 Å². The smallest absolute Gasteiger partial charge is 0.305 e. The Morgan fingerprint density at radius 3 is 2.33 bits per heavy atom. The van der Waals surface area contributed by atoms with Gasteiger partial charge in [0.15, 0.2) is 0 Å². The summed E-state index contributed by atoms with van der Waals surface area (Å²) < 4.78 is 45.7. The Balaban J connectivity index is 2.21. The number of aliphatic hydroxyl groups is 2. The van der Waals surface area contributed by atoms with Gasteiger partial charge in [0.05, 0.1) is 55.3 Å². The highest BCUT2D eigenvalue weighted by Gasteiger charge is 2.27. The van der Waals surface area contributed by atoms with Crippen molar-refractivity contribution >= 4 is 33.7 Å². The molecule has 0 radical (unpaired) electrons. The second-order valence-corrected chi connectivity index (χ2v) is 11.2. The largest absolute Gasteiger partial charge is 0.481 e. The molecule has 13 heteroatoms. The molecule has 0 fully saturated rings. The van der Waals surface area contributed by atoms with E-state index in [0.717, 1.165) is 10.6 Å². The predicted molar refractivity (Wildman–Crippen MR) is 147 cm³/mol. The first-order chi connectivity index (χ1) is 18.8. The van der Waals surface area contributed by atoms with E-state index < -0.39 is 40.4 Å². The molecule has 0 aliphatic carbocycles. The van der Waals surface area contributed by atoms with Gasteiger partial charge in [-0.05, 0) is 36.2 Å². The number of pyridine rings is 1. The van der Waals surface area contributed by atoms with Gasteiger partial charge >= 0.3 is 5.97 Å². The van der Waals surface area contributed by atoms with E-state index >= 15 is 0 Å². The van der Waals surface area contributed by atoms with Crippen LogP contribution in [-0.2, 0) is 14.8 Å². The summed E-state index contributed by atoms with van der Waals surface area (Å²) in [6, 6.07) is 8.42. The number of anilines is 2. The highest BCUT2D eigenvalue weighted by molar-refractivity contribution is 7.92. The van der Waals surface area contributed by atoms with Crippen LogP contribution in [-0.4, -0.2) is 70.2 Å². The summed E-state index contributed by atoms with van der Waals surface area (Å²) in [4.78, 5) is 24.1. The van der Waals surface area contributed by atoms with Crippen LogP contribution in [0.5, 0.6) is 5.88 Å². The van der Waals surface area contributed by atoms with Crippen LogP contribution in [0.1, 0.15) is 43.9 Å². The van der Waals surface area contributed by atoms with Gasteiger partial charge in [0.25, 0.3) is 0 Å². The number of carboxylic acids is 1. The van der Waals surface area contributed by atoms with Crippen LogP contribution in [0, 0.1) is 5.82 Å². The van der Waals surface area contributed by atoms with Crippen molar-refractivity contribution in [2.45, 2.75) is 44.8 Å². The van der Waals surface area contributed by atoms with Gasteiger partial charge in [0, 0.05) is 23.6 Å². The van der Waals surface area contributed by atoms with Crippen molar-refractivity contribution in [2.24, 2.45) is 0 Å². The zero-order valence-corrected chi connectivity index (χ0v) is 23.2. The number of methoxy groups -OCH3 is 1. The van der Waals surface area contributed by atoms with E-state index in [1.54, 1.807) is 0 Å². The molecule has 0 spiro atoms. The van der Waals surface area contributed by atoms with Gasteiger partial charge in [0.2, 0.25) is 21.9 Å². The number of hydrogen-bond donors (Lipinski definition) is 3. The van der Waals surface area contributed by atoms with Gasteiger partial charge in [-0.25, -0.2) is 32.1 Å². The van der Waals surface area contributed by atoms with Crippen LogP contribution in [0.3, 0.4) is 0 Å². The van der Waals surface area contributed by atoms with Crippen molar-refractivity contribution < 1.29 is 37.7 Å². The van der Waals surface area contributed by atoms with E-state index in [9.17, 15) is 27.8 Å². The van der Waals surface area contributed by atoms with Crippen molar-refractivity contribution in [1.82, 2.24) is 15.0 Å². The predicted octanol–water partition coefficient (Wildman–Crippen LogP) is 3.51. The number of rotatable bonds is 12. The Hall–Kier alpha value is -3.94. The minimum Gasteiger partial charge on any atom is -0.481 e. The molecule has 2 heterocycles. The zero-order chi connectivity index (χ0) is 29.6. The Morgan fingerprint density at radius 2 is 1.80 bits per heavy atom. The van der Waals surface area contributed by atoms with Gasteiger partial charge in [-0.1, -0.05) is 26.0 Å². The van der Waals surface area contributed by atoms with E-state index in [1.807, 2.05) is 13.8 Å². The number of sulfonamides is 1. The molecule has 3 N–H and O–H groups in total. The van der Waals surface area contributed by atoms with Gasteiger partial charge in [-0.15, -0.1) is 0 Å². The summed E-state index contributed by atoms with van der Waals surface area (Å²) in [5, 5.41) is 29.2. The number of aliphatic carboxylic acids is 1. The number of hydrogen-bond acceptors (Lipinski definition) is 9. The first-order valence-corrected chi connectivity index (χ1v) is 14.1. The van der Waals surface area contributed by atoms with E-state index in [-0.39, 0.29) is 35.5 Å². The molecular weight excluding hydrogens is 543 g/mol. The third-order valence-electron chi connectivity index (χ3n) is 5.71. The van der Waals surface area contributed by atoms with Gasteiger partial charge in [-0.2, -0.15) is 0 Å². The fourth-order valence-electron chi connectivity index (χ4n) is 3.92.